The zero-order valence-electron chi connectivity index (χ0n) is 11.3. The summed E-state index contributed by atoms with van der Waals surface area (Å²) in [6.07, 6.45) is 5.22. The molecule has 1 heterocycles. The van der Waals surface area contributed by atoms with Gasteiger partial charge in [0, 0.05) is 17.3 Å². The summed E-state index contributed by atoms with van der Waals surface area (Å²) in [6.45, 7) is 2.74. The molecule has 2 aromatic rings. The maximum Gasteiger partial charge on any atom is 0.126 e. The van der Waals surface area contributed by atoms with Crippen molar-refractivity contribution in [2.24, 2.45) is 0 Å². The van der Waals surface area contributed by atoms with E-state index >= 15 is 0 Å². The Kier molecular flexibility index (Phi) is 4.19. The minimum Gasteiger partial charge on any atom is -0.496 e. The van der Waals surface area contributed by atoms with Crippen LogP contribution < -0.4 is 4.74 Å². The van der Waals surface area contributed by atoms with Crippen LogP contribution in [0.2, 0.25) is 0 Å². The fourth-order valence-electron chi connectivity index (χ4n) is 1.99. The Morgan fingerprint density at radius 2 is 2.26 bits per heavy atom. The van der Waals surface area contributed by atoms with Gasteiger partial charge in [0.15, 0.2) is 0 Å². The molecule has 0 saturated carbocycles. The molecule has 0 aliphatic rings. The first-order valence-corrected chi connectivity index (χ1v) is 6.35. The average molecular weight is 255 g/mol. The maximum absolute atomic E-state index is 8.59. The first kappa shape index (κ1) is 13.2. The van der Waals surface area contributed by atoms with Crippen LogP contribution in [0.4, 0.5) is 0 Å². The van der Waals surface area contributed by atoms with E-state index in [-0.39, 0.29) is 0 Å². The summed E-state index contributed by atoms with van der Waals surface area (Å²) in [5.74, 6) is 0.844. The molecule has 4 heteroatoms. The summed E-state index contributed by atoms with van der Waals surface area (Å²) >= 11 is 0. The number of nitriles is 1. The molecule has 19 heavy (non-hydrogen) atoms. The van der Waals surface area contributed by atoms with Crippen molar-refractivity contribution in [3.63, 3.8) is 0 Å². The topological polar surface area (TPSA) is 50.8 Å². The quantitative estimate of drug-likeness (QED) is 0.825. The molecular formula is C15H17N3O. The first-order chi connectivity index (χ1) is 9.28. The third kappa shape index (κ3) is 2.94. The predicted molar refractivity (Wildman–Crippen MR) is 73.8 cm³/mol. The van der Waals surface area contributed by atoms with Crippen LogP contribution >= 0.6 is 0 Å². The van der Waals surface area contributed by atoms with E-state index in [9.17, 15) is 0 Å². The van der Waals surface area contributed by atoms with Crippen molar-refractivity contribution in [1.29, 1.82) is 5.26 Å². The summed E-state index contributed by atoms with van der Waals surface area (Å²) in [5, 5.41) is 12.9. The number of benzene rings is 1. The number of aromatic nitrogens is 2. The number of aryl methyl sites for hydroxylation is 2. The van der Waals surface area contributed by atoms with Crippen LogP contribution in [0.3, 0.4) is 0 Å². The van der Waals surface area contributed by atoms with Gasteiger partial charge in [0.25, 0.3) is 0 Å². The van der Waals surface area contributed by atoms with Gasteiger partial charge in [-0.3, -0.25) is 4.68 Å². The number of ether oxygens (including phenoxy) is 1. The van der Waals surface area contributed by atoms with Gasteiger partial charge in [-0.05, 0) is 24.1 Å². The molecule has 0 fully saturated rings. The summed E-state index contributed by atoms with van der Waals surface area (Å²) < 4.78 is 7.19. The van der Waals surface area contributed by atoms with E-state index < -0.39 is 0 Å². The van der Waals surface area contributed by atoms with Gasteiger partial charge in [-0.2, -0.15) is 10.4 Å². The Labute approximate surface area is 113 Å². The van der Waals surface area contributed by atoms with Crippen molar-refractivity contribution >= 4 is 0 Å². The lowest BCUT2D eigenvalue weighted by molar-refractivity contribution is 0.416. The Morgan fingerprint density at radius 1 is 1.42 bits per heavy atom. The van der Waals surface area contributed by atoms with Crippen LogP contribution in [0.5, 0.6) is 5.75 Å². The monoisotopic (exact) mass is 255 g/mol. The Morgan fingerprint density at radius 3 is 2.95 bits per heavy atom. The molecule has 4 nitrogen and oxygen atoms in total. The van der Waals surface area contributed by atoms with Crippen LogP contribution in [0, 0.1) is 11.3 Å². The molecule has 98 valence electrons. The smallest absolute Gasteiger partial charge is 0.126 e. The van der Waals surface area contributed by atoms with E-state index in [1.165, 1.54) is 5.56 Å². The summed E-state index contributed by atoms with van der Waals surface area (Å²) in [7, 11) is 1.67. The molecule has 1 aromatic carbocycles. The second-order valence-electron chi connectivity index (χ2n) is 4.29. The SMILES string of the molecule is CCc1ccc(OC)c(-c2cnn(CCC#N)c2)c1. The lowest BCUT2D eigenvalue weighted by Gasteiger charge is -2.08. The van der Waals surface area contributed by atoms with Crippen LogP contribution in [0.25, 0.3) is 11.1 Å². The highest BCUT2D eigenvalue weighted by atomic mass is 16.5. The highest BCUT2D eigenvalue weighted by Gasteiger charge is 2.09. The maximum atomic E-state index is 8.59. The molecule has 2 rings (SSSR count). The average Bonchev–Trinajstić information content (AvgIpc) is 2.93. The molecule has 0 amide bonds. The van der Waals surface area contributed by atoms with Crippen molar-refractivity contribution < 1.29 is 4.74 Å². The number of rotatable bonds is 5. The Balaban J connectivity index is 2.34. The molecule has 0 aliphatic carbocycles. The van der Waals surface area contributed by atoms with Crippen LogP contribution in [0.1, 0.15) is 18.9 Å². The normalized spacial score (nSPS) is 10.2. The second-order valence-corrected chi connectivity index (χ2v) is 4.29. The molecule has 1 aromatic heterocycles. The third-order valence-corrected chi connectivity index (χ3v) is 3.07. The van der Waals surface area contributed by atoms with Gasteiger partial charge in [-0.25, -0.2) is 0 Å². The van der Waals surface area contributed by atoms with Crippen LogP contribution in [-0.4, -0.2) is 16.9 Å². The lowest BCUT2D eigenvalue weighted by atomic mass is 10.0. The summed E-state index contributed by atoms with van der Waals surface area (Å²) in [5.41, 5.74) is 3.33. The van der Waals surface area contributed by atoms with E-state index in [0.29, 0.717) is 13.0 Å². The van der Waals surface area contributed by atoms with E-state index in [1.807, 2.05) is 18.5 Å². The van der Waals surface area contributed by atoms with Gasteiger partial charge >= 0.3 is 0 Å². The summed E-state index contributed by atoms with van der Waals surface area (Å²) in [6, 6.07) is 8.31. The number of methoxy groups -OCH3 is 1. The predicted octanol–water partition coefficient (Wildman–Crippen LogP) is 3.03. The van der Waals surface area contributed by atoms with Crippen LogP contribution in [-0.2, 0) is 13.0 Å². The van der Waals surface area contributed by atoms with Gasteiger partial charge in [0.1, 0.15) is 5.75 Å². The molecular weight excluding hydrogens is 238 g/mol. The van der Waals surface area contributed by atoms with E-state index in [2.05, 4.69) is 30.2 Å². The van der Waals surface area contributed by atoms with Gasteiger partial charge < -0.3 is 4.74 Å². The minimum atomic E-state index is 0.466. The van der Waals surface area contributed by atoms with E-state index in [0.717, 1.165) is 23.3 Å². The van der Waals surface area contributed by atoms with Crippen molar-refractivity contribution in [3.8, 4) is 22.9 Å². The van der Waals surface area contributed by atoms with Crippen molar-refractivity contribution in [2.75, 3.05) is 7.11 Å². The minimum absolute atomic E-state index is 0.466. The largest absolute Gasteiger partial charge is 0.496 e. The van der Waals surface area contributed by atoms with Crippen molar-refractivity contribution in [1.82, 2.24) is 9.78 Å². The fraction of sp³-hybridized carbons (Fsp3) is 0.333. The van der Waals surface area contributed by atoms with Gasteiger partial charge in [-0.1, -0.05) is 13.0 Å². The Bertz CT molecular complexity index is 596. The molecule has 0 saturated heterocycles. The van der Waals surface area contributed by atoms with Crippen molar-refractivity contribution in [2.45, 2.75) is 26.3 Å². The molecule has 0 N–H and O–H groups in total. The summed E-state index contributed by atoms with van der Waals surface area (Å²) in [4.78, 5) is 0. The molecule has 0 radical (unpaired) electrons. The lowest BCUT2D eigenvalue weighted by Crippen LogP contribution is -1.96. The number of nitrogens with zero attached hydrogens (tertiary/aromatic N) is 3. The number of hydrogen-bond acceptors (Lipinski definition) is 3. The second kappa shape index (κ2) is 6.05. The Hall–Kier alpha value is -2.28. The third-order valence-electron chi connectivity index (χ3n) is 3.07. The fourth-order valence-corrected chi connectivity index (χ4v) is 1.99. The molecule has 0 atom stereocenters. The van der Waals surface area contributed by atoms with Crippen LogP contribution in [0.15, 0.2) is 30.6 Å². The van der Waals surface area contributed by atoms with Crippen molar-refractivity contribution in [3.05, 3.63) is 36.2 Å². The zero-order chi connectivity index (χ0) is 13.7. The van der Waals surface area contributed by atoms with Gasteiger partial charge in [0.05, 0.1) is 32.3 Å². The highest BCUT2D eigenvalue weighted by Crippen LogP contribution is 2.30. The highest BCUT2D eigenvalue weighted by molar-refractivity contribution is 5.70. The molecule has 0 aliphatic heterocycles. The first-order valence-electron chi connectivity index (χ1n) is 6.35. The number of hydrogen-bond donors (Lipinski definition) is 0. The molecule has 0 unspecified atom stereocenters. The van der Waals surface area contributed by atoms with E-state index in [4.69, 9.17) is 10.00 Å². The zero-order valence-corrected chi connectivity index (χ0v) is 11.3. The van der Waals surface area contributed by atoms with E-state index in [1.54, 1.807) is 11.8 Å². The van der Waals surface area contributed by atoms with Gasteiger partial charge in [-0.15, -0.1) is 0 Å². The standard InChI is InChI=1S/C15H17N3O/c1-3-12-5-6-15(19-2)14(9-12)13-10-17-18(11-13)8-4-7-16/h5-6,9-11H,3-4,8H2,1-2H3. The molecule has 0 spiro atoms. The molecule has 0 bridgehead atoms. The van der Waals surface area contributed by atoms with Gasteiger partial charge in [0.2, 0.25) is 0 Å².